The van der Waals surface area contributed by atoms with E-state index in [1.807, 2.05) is 30.3 Å². The molecule has 0 aromatic heterocycles. The summed E-state index contributed by atoms with van der Waals surface area (Å²) in [5.74, 6) is -0.319. The normalized spacial score (nSPS) is 11.8. The first-order chi connectivity index (χ1) is 13.1. The van der Waals surface area contributed by atoms with E-state index in [-0.39, 0.29) is 22.0 Å². The molecule has 0 aliphatic rings. The van der Waals surface area contributed by atoms with Crippen LogP contribution in [0.1, 0.15) is 0 Å². The van der Waals surface area contributed by atoms with Crippen LogP contribution in [0.2, 0.25) is 0 Å². The number of rotatable bonds is 6. The molecule has 0 bridgehead atoms. The van der Waals surface area contributed by atoms with Crippen molar-refractivity contribution in [2.75, 3.05) is 15.7 Å². The van der Waals surface area contributed by atoms with Crippen LogP contribution in [0, 0.1) is 0 Å². The van der Waals surface area contributed by atoms with Gasteiger partial charge in [-0.3, -0.25) is 9.44 Å². The molecule has 0 fully saturated rings. The molecule has 0 aliphatic carbocycles. The fourth-order valence-corrected chi connectivity index (χ4v) is 4.16. The van der Waals surface area contributed by atoms with E-state index in [1.54, 1.807) is 12.1 Å². The summed E-state index contributed by atoms with van der Waals surface area (Å²) in [5, 5.41) is 9.75. The molecule has 0 heterocycles. The molecule has 28 heavy (non-hydrogen) atoms. The predicted molar refractivity (Wildman–Crippen MR) is 109 cm³/mol. The van der Waals surface area contributed by atoms with E-state index in [0.29, 0.717) is 0 Å². The number of hydrogen-bond acceptors (Lipinski definition) is 5. The molecule has 3 aromatic rings. The molecule has 0 saturated heterocycles. The summed E-state index contributed by atoms with van der Waals surface area (Å²) in [6, 6.07) is 19.7. The highest BCUT2D eigenvalue weighted by atomic mass is 32.2. The van der Waals surface area contributed by atoms with Gasteiger partial charge in [-0.05, 0) is 41.5 Å². The highest BCUT2D eigenvalue weighted by Gasteiger charge is 2.16. The highest BCUT2D eigenvalue weighted by molar-refractivity contribution is 7.92. The zero-order valence-corrected chi connectivity index (χ0v) is 16.5. The molecule has 0 aliphatic heterocycles. The average molecular weight is 418 g/mol. The van der Waals surface area contributed by atoms with E-state index in [2.05, 4.69) is 9.44 Å². The second kappa shape index (κ2) is 7.53. The average Bonchev–Trinajstić information content (AvgIpc) is 2.64. The van der Waals surface area contributed by atoms with Gasteiger partial charge in [-0.25, -0.2) is 16.8 Å². The van der Waals surface area contributed by atoms with E-state index < -0.39 is 20.0 Å². The van der Waals surface area contributed by atoms with Crippen molar-refractivity contribution >= 4 is 31.4 Å². The highest BCUT2D eigenvalue weighted by Crippen LogP contribution is 2.29. The summed E-state index contributed by atoms with van der Waals surface area (Å²) in [7, 11) is -7.53. The second-order valence-corrected chi connectivity index (χ2v) is 9.53. The van der Waals surface area contributed by atoms with Crippen LogP contribution < -0.4 is 9.44 Å². The van der Waals surface area contributed by atoms with Gasteiger partial charge in [0, 0.05) is 0 Å². The SMILES string of the molecule is CS(=O)(=O)Nc1cc(NS(=O)(=O)c2ccc(-c3ccccc3)cc2)ccc1O. The Morgan fingerprint density at radius 1 is 0.750 bits per heavy atom. The van der Waals surface area contributed by atoms with Crippen LogP contribution in [0.4, 0.5) is 11.4 Å². The number of aromatic hydroxyl groups is 1. The van der Waals surface area contributed by atoms with E-state index >= 15 is 0 Å². The van der Waals surface area contributed by atoms with Crippen molar-refractivity contribution in [3.05, 3.63) is 72.8 Å². The molecule has 0 saturated carbocycles. The Bertz CT molecular complexity index is 1190. The van der Waals surface area contributed by atoms with Crippen molar-refractivity contribution in [1.82, 2.24) is 0 Å². The minimum atomic E-state index is -3.89. The number of phenolic OH excluding ortho intramolecular Hbond substituents is 1. The third-order valence-electron chi connectivity index (χ3n) is 3.82. The Morgan fingerprint density at radius 2 is 1.36 bits per heavy atom. The summed E-state index contributed by atoms with van der Waals surface area (Å²) in [5.41, 5.74) is 1.83. The van der Waals surface area contributed by atoms with E-state index in [4.69, 9.17) is 0 Å². The summed E-state index contributed by atoms with van der Waals surface area (Å²) in [6.45, 7) is 0. The minimum absolute atomic E-state index is 0.0536. The van der Waals surface area contributed by atoms with E-state index in [9.17, 15) is 21.9 Å². The topological polar surface area (TPSA) is 113 Å². The lowest BCUT2D eigenvalue weighted by Crippen LogP contribution is -2.14. The summed E-state index contributed by atoms with van der Waals surface area (Å²) in [4.78, 5) is 0.0536. The van der Waals surface area contributed by atoms with Crippen molar-refractivity contribution in [3.8, 4) is 16.9 Å². The van der Waals surface area contributed by atoms with Gasteiger partial charge < -0.3 is 5.11 Å². The molecule has 9 heteroatoms. The van der Waals surface area contributed by atoms with E-state index in [1.165, 1.54) is 30.3 Å². The standard InChI is InChI=1S/C19H18N2O5S2/c1-27(23,24)21-18-13-16(9-12-19(18)22)20-28(25,26)17-10-7-15(8-11-17)14-5-3-2-4-6-14/h2-13,20-22H,1H3. The molecule has 0 radical (unpaired) electrons. The van der Waals surface area contributed by atoms with Crippen LogP contribution in [-0.4, -0.2) is 28.2 Å². The molecule has 0 amide bonds. The lowest BCUT2D eigenvalue weighted by Gasteiger charge is -2.12. The van der Waals surface area contributed by atoms with Crippen LogP contribution in [0.15, 0.2) is 77.7 Å². The summed E-state index contributed by atoms with van der Waals surface area (Å²) in [6.07, 6.45) is 0.928. The van der Waals surface area contributed by atoms with Gasteiger partial charge in [-0.15, -0.1) is 0 Å². The Kier molecular flexibility index (Phi) is 5.30. The number of nitrogens with one attached hydrogen (secondary N) is 2. The van der Waals surface area contributed by atoms with Crippen molar-refractivity contribution in [2.45, 2.75) is 4.90 Å². The largest absolute Gasteiger partial charge is 0.506 e. The van der Waals surface area contributed by atoms with Gasteiger partial charge in [0.15, 0.2) is 0 Å². The molecule has 3 rings (SSSR count). The van der Waals surface area contributed by atoms with Gasteiger partial charge in [0.25, 0.3) is 10.0 Å². The van der Waals surface area contributed by atoms with Crippen molar-refractivity contribution < 1.29 is 21.9 Å². The van der Waals surface area contributed by atoms with Gasteiger partial charge in [0.05, 0.1) is 22.5 Å². The van der Waals surface area contributed by atoms with Gasteiger partial charge in [0.2, 0.25) is 10.0 Å². The maximum atomic E-state index is 12.6. The molecule has 0 unspecified atom stereocenters. The Morgan fingerprint density at radius 3 is 1.96 bits per heavy atom. The quantitative estimate of drug-likeness (QED) is 0.420. The molecule has 0 atom stereocenters. The number of anilines is 2. The maximum Gasteiger partial charge on any atom is 0.261 e. The van der Waals surface area contributed by atoms with Crippen LogP contribution in [0.3, 0.4) is 0 Å². The minimum Gasteiger partial charge on any atom is -0.506 e. The molecule has 146 valence electrons. The first-order valence-corrected chi connectivity index (χ1v) is 11.5. The smallest absolute Gasteiger partial charge is 0.261 e. The van der Waals surface area contributed by atoms with Gasteiger partial charge >= 0.3 is 0 Å². The van der Waals surface area contributed by atoms with Gasteiger partial charge in [0.1, 0.15) is 5.75 Å². The maximum absolute atomic E-state index is 12.6. The first-order valence-electron chi connectivity index (χ1n) is 8.13. The predicted octanol–water partition coefficient (Wildman–Crippen LogP) is 3.23. The van der Waals surface area contributed by atoms with Gasteiger partial charge in [-0.2, -0.15) is 0 Å². The first kappa shape index (κ1) is 19.7. The Labute approximate surface area is 163 Å². The summed E-state index contributed by atoms with van der Waals surface area (Å²) >= 11 is 0. The fourth-order valence-electron chi connectivity index (χ4n) is 2.55. The number of benzene rings is 3. The van der Waals surface area contributed by atoms with Gasteiger partial charge in [-0.1, -0.05) is 42.5 Å². The Balaban J connectivity index is 1.85. The van der Waals surface area contributed by atoms with Crippen molar-refractivity contribution in [2.24, 2.45) is 0 Å². The fraction of sp³-hybridized carbons (Fsp3) is 0.0526. The molecular weight excluding hydrogens is 400 g/mol. The molecule has 3 N–H and O–H groups in total. The molecule has 0 spiro atoms. The molecular formula is C19H18N2O5S2. The third-order valence-corrected chi connectivity index (χ3v) is 5.80. The third kappa shape index (κ3) is 4.81. The number of sulfonamides is 2. The van der Waals surface area contributed by atoms with Crippen molar-refractivity contribution in [3.63, 3.8) is 0 Å². The monoisotopic (exact) mass is 418 g/mol. The molecule has 7 nitrogen and oxygen atoms in total. The van der Waals surface area contributed by atoms with Crippen LogP contribution >= 0.6 is 0 Å². The number of phenols is 1. The second-order valence-electron chi connectivity index (χ2n) is 6.10. The molecule has 3 aromatic carbocycles. The van der Waals surface area contributed by atoms with Crippen molar-refractivity contribution in [1.29, 1.82) is 0 Å². The number of hydrogen-bond donors (Lipinski definition) is 3. The van der Waals surface area contributed by atoms with Crippen LogP contribution in [0.5, 0.6) is 5.75 Å². The summed E-state index contributed by atoms with van der Waals surface area (Å²) < 4.78 is 52.5. The lowest BCUT2D eigenvalue weighted by molar-refractivity contribution is 0.477. The zero-order chi connectivity index (χ0) is 20.4. The van der Waals surface area contributed by atoms with Crippen LogP contribution in [-0.2, 0) is 20.0 Å². The lowest BCUT2D eigenvalue weighted by atomic mass is 10.1. The van der Waals surface area contributed by atoms with Crippen LogP contribution in [0.25, 0.3) is 11.1 Å². The Hall–Kier alpha value is -3.04. The zero-order valence-electron chi connectivity index (χ0n) is 14.8. The van der Waals surface area contributed by atoms with E-state index in [0.717, 1.165) is 17.4 Å².